The number of allylic oxidation sites excluding steroid dienone is 1. The van der Waals surface area contributed by atoms with Crippen LogP contribution >= 0.6 is 0 Å². The molecule has 1 aliphatic heterocycles. The maximum absolute atomic E-state index is 6.31. The fraction of sp³-hybridized carbons (Fsp3) is 0.391. The Kier molecular flexibility index (Phi) is 4.73. The molecule has 1 atom stereocenters. The third-order valence-electron chi connectivity index (χ3n) is 5.60. The van der Waals surface area contributed by atoms with Gasteiger partial charge in [0.1, 0.15) is 5.75 Å². The minimum Gasteiger partial charge on any atom is -0.441 e. The van der Waals surface area contributed by atoms with Gasteiger partial charge in [-0.25, -0.2) is 0 Å². The van der Waals surface area contributed by atoms with Crippen molar-refractivity contribution in [2.75, 3.05) is 26.0 Å². The Morgan fingerprint density at radius 3 is 2.65 bits per heavy atom. The van der Waals surface area contributed by atoms with Gasteiger partial charge < -0.3 is 15.0 Å². The summed E-state index contributed by atoms with van der Waals surface area (Å²) in [7, 11) is 4.32. The lowest BCUT2D eigenvalue weighted by Crippen LogP contribution is -2.36. The van der Waals surface area contributed by atoms with Crippen LogP contribution in [0.15, 0.2) is 60.0 Å². The summed E-state index contributed by atoms with van der Waals surface area (Å²) in [6, 6.07) is 19.5. The highest BCUT2D eigenvalue weighted by Crippen LogP contribution is 2.48. The molecule has 1 aliphatic carbocycles. The number of anilines is 1. The molecule has 4 rings (SSSR count). The first kappa shape index (κ1) is 17.2. The number of hydrogen-bond acceptors (Lipinski definition) is 3. The predicted octanol–water partition coefficient (Wildman–Crippen LogP) is 4.89. The van der Waals surface area contributed by atoms with Gasteiger partial charge in [-0.15, -0.1) is 0 Å². The van der Waals surface area contributed by atoms with Crippen LogP contribution in [0.25, 0.3) is 0 Å². The average Bonchev–Trinajstić information content (AvgIpc) is 2.60. The summed E-state index contributed by atoms with van der Waals surface area (Å²) < 4.78 is 6.31. The van der Waals surface area contributed by atoms with Gasteiger partial charge in [-0.05, 0) is 68.6 Å². The average molecular weight is 347 g/mol. The minimum atomic E-state index is 0.366. The molecule has 0 saturated heterocycles. The summed E-state index contributed by atoms with van der Waals surface area (Å²) in [6.07, 6.45) is 2.49. The molecule has 1 fully saturated rings. The third-order valence-corrected chi connectivity index (χ3v) is 5.60. The van der Waals surface area contributed by atoms with Gasteiger partial charge in [-0.1, -0.05) is 37.3 Å². The quantitative estimate of drug-likeness (QED) is 0.833. The van der Waals surface area contributed by atoms with Crippen molar-refractivity contribution in [2.45, 2.75) is 25.7 Å². The number of nitrogens with one attached hydrogen (secondary N) is 1. The van der Waals surface area contributed by atoms with Crippen LogP contribution in [0.3, 0.4) is 0 Å². The van der Waals surface area contributed by atoms with Crippen LogP contribution in [0.4, 0.5) is 5.69 Å². The Labute approximate surface area is 156 Å². The van der Waals surface area contributed by atoms with Crippen LogP contribution in [0.1, 0.15) is 31.2 Å². The Morgan fingerprint density at radius 1 is 1.15 bits per heavy atom. The summed E-state index contributed by atoms with van der Waals surface area (Å²) in [5.74, 6) is 3.55. The smallest absolute Gasteiger partial charge is 0.197 e. The maximum atomic E-state index is 6.31. The summed E-state index contributed by atoms with van der Waals surface area (Å²) in [5, 5.41) is 3.55. The zero-order valence-electron chi connectivity index (χ0n) is 15.8. The first-order valence-electron chi connectivity index (χ1n) is 9.50. The first-order valence-corrected chi connectivity index (χ1v) is 9.50. The topological polar surface area (TPSA) is 24.5 Å². The molecule has 2 aliphatic rings. The highest BCUT2D eigenvalue weighted by Gasteiger charge is 2.39. The molecule has 1 N–H and O–H groups in total. The summed E-state index contributed by atoms with van der Waals surface area (Å²) in [5.41, 5.74) is 3.87. The van der Waals surface area contributed by atoms with Gasteiger partial charge >= 0.3 is 0 Å². The number of hydrogen-bond donors (Lipinski definition) is 1. The lowest BCUT2D eigenvalue weighted by molar-refractivity contribution is 0.167. The number of ether oxygens (including phenoxy) is 1. The van der Waals surface area contributed by atoms with Crippen molar-refractivity contribution in [1.29, 1.82) is 0 Å². The van der Waals surface area contributed by atoms with E-state index in [1.165, 1.54) is 30.5 Å². The summed E-state index contributed by atoms with van der Waals surface area (Å²) >= 11 is 0. The van der Waals surface area contributed by atoms with E-state index in [4.69, 9.17) is 4.74 Å². The predicted molar refractivity (Wildman–Crippen MR) is 106 cm³/mol. The molecule has 2 aromatic rings. The number of nitrogens with zero attached hydrogens (tertiary/aromatic N) is 1. The molecule has 0 bridgehead atoms. The van der Waals surface area contributed by atoms with Crippen LogP contribution < -0.4 is 10.1 Å². The standard InChI is InChI=1S/C23H27N2O/c1-16-20-11-7-8-12-21(20)24-23(26-19-9-5-4-6-10-19)22(16)18-13-17(14-18)15-25(2)3/h4-7,9-12,16-18,24H,13-15H2,1-3H3. The molecule has 26 heavy (non-hydrogen) atoms. The van der Waals surface area contributed by atoms with Crippen molar-refractivity contribution in [3.8, 4) is 5.75 Å². The Balaban J connectivity index is 1.63. The fourth-order valence-corrected chi connectivity index (χ4v) is 4.37. The molecule has 1 radical (unpaired) electrons. The van der Waals surface area contributed by atoms with Gasteiger partial charge in [-0.2, -0.15) is 0 Å². The van der Waals surface area contributed by atoms with E-state index < -0.39 is 0 Å². The summed E-state index contributed by atoms with van der Waals surface area (Å²) in [6.45, 7) is 3.48. The van der Waals surface area contributed by atoms with E-state index in [1.54, 1.807) is 0 Å². The van der Waals surface area contributed by atoms with Crippen molar-refractivity contribution in [3.05, 3.63) is 71.6 Å². The van der Waals surface area contributed by atoms with Crippen LogP contribution in [0.5, 0.6) is 5.75 Å². The number of benzene rings is 2. The zero-order chi connectivity index (χ0) is 18.1. The van der Waals surface area contributed by atoms with E-state index in [1.807, 2.05) is 42.5 Å². The Morgan fingerprint density at radius 2 is 1.92 bits per heavy atom. The molecule has 2 aromatic carbocycles. The van der Waals surface area contributed by atoms with E-state index in [2.05, 4.69) is 43.4 Å². The highest BCUT2D eigenvalue weighted by atomic mass is 16.5. The molecule has 1 heterocycles. The van der Waals surface area contributed by atoms with Gasteiger partial charge in [0.15, 0.2) is 5.88 Å². The van der Waals surface area contributed by atoms with Gasteiger partial charge in [0.2, 0.25) is 0 Å². The highest BCUT2D eigenvalue weighted by molar-refractivity contribution is 5.62. The normalized spacial score (nSPS) is 24.7. The lowest BCUT2D eigenvalue weighted by atomic mass is 9.66. The van der Waals surface area contributed by atoms with Crippen molar-refractivity contribution in [2.24, 2.45) is 11.8 Å². The maximum Gasteiger partial charge on any atom is 0.197 e. The van der Waals surface area contributed by atoms with Crippen LogP contribution in [0.2, 0.25) is 0 Å². The third kappa shape index (κ3) is 3.36. The lowest BCUT2D eigenvalue weighted by Gasteiger charge is -2.42. The van der Waals surface area contributed by atoms with Crippen molar-refractivity contribution in [3.63, 3.8) is 0 Å². The molecule has 0 spiro atoms. The number of para-hydroxylation sites is 1. The van der Waals surface area contributed by atoms with Crippen LogP contribution in [0, 0.1) is 17.9 Å². The van der Waals surface area contributed by atoms with E-state index >= 15 is 0 Å². The van der Waals surface area contributed by atoms with E-state index in [9.17, 15) is 0 Å². The van der Waals surface area contributed by atoms with Crippen molar-refractivity contribution in [1.82, 2.24) is 4.90 Å². The van der Waals surface area contributed by atoms with Crippen LogP contribution in [-0.2, 0) is 0 Å². The molecular formula is C23H27N2O. The molecule has 3 nitrogen and oxygen atoms in total. The van der Waals surface area contributed by atoms with Crippen LogP contribution in [-0.4, -0.2) is 25.5 Å². The minimum absolute atomic E-state index is 0.366. The second-order valence-electron chi connectivity index (χ2n) is 7.86. The van der Waals surface area contributed by atoms with Gasteiger partial charge in [0, 0.05) is 23.7 Å². The number of rotatable bonds is 5. The largest absolute Gasteiger partial charge is 0.441 e. The fourth-order valence-electron chi connectivity index (χ4n) is 4.37. The Hall–Kier alpha value is -2.26. The van der Waals surface area contributed by atoms with E-state index in [0.717, 1.165) is 23.2 Å². The second kappa shape index (κ2) is 7.16. The molecule has 135 valence electrons. The van der Waals surface area contributed by atoms with Gasteiger partial charge in [-0.3, -0.25) is 0 Å². The Bertz CT molecular complexity index is 791. The molecule has 0 aromatic heterocycles. The molecule has 3 heteroatoms. The SMILES string of the molecule is CC1C(C2CC(CN(C)C)C2)=C(Oc2ccccc2)Nc2c[c]ccc21. The molecule has 0 amide bonds. The zero-order valence-corrected chi connectivity index (χ0v) is 15.8. The monoisotopic (exact) mass is 347 g/mol. The first-order chi connectivity index (χ1) is 12.6. The van der Waals surface area contributed by atoms with Gasteiger partial charge in [0.25, 0.3) is 0 Å². The van der Waals surface area contributed by atoms with E-state index in [0.29, 0.717) is 11.8 Å². The van der Waals surface area contributed by atoms with Gasteiger partial charge in [0.05, 0.1) is 0 Å². The number of fused-ring (bicyclic) bond motifs is 1. The molecular weight excluding hydrogens is 320 g/mol. The van der Waals surface area contributed by atoms with E-state index in [-0.39, 0.29) is 0 Å². The summed E-state index contributed by atoms with van der Waals surface area (Å²) in [4.78, 5) is 2.30. The second-order valence-corrected chi connectivity index (χ2v) is 7.86. The van der Waals surface area contributed by atoms with Crippen molar-refractivity contribution < 1.29 is 4.74 Å². The molecule has 1 saturated carbocycles. The molecule has 1 unspecified atom stereocenters. The van der Waals surface area contributed by atoms with Crippen molar-refractivity contribution >= 4 is 5.69 Å².